The average molecular weight is 428 g/mol. The number of benzene rings is 1. The van der Waals surface area contributed by atoms with E-state index in [1.54, 1.807) is 13.2 Å². The van der Waals surface area contributed by atoms with E-state index in [-0.39, 0.29) is 11.7 Å². The van der Waals surface area contributed by atoms with Gasteiger partial charge in [-0.25, -0.2) is 0 Å². The van der Waals surface area contributed by atoms with Gasteiger partial charge in [0.05, 0.1) is 19.8 Å². The highest BCUT2D eigenvalue weighted by molar-refractivity contribution is 5.56. The summed E-state index contributed by atoms with van der Waals surface area (Å²) in [5.41, 5.74) is 2.17. The lowest BCUT2D eigenvalue weighted by Crippen LogP contribution is -2.37. The summed E-state index contributed by atoms with van der Waals surface area (Å²) in [5, 5.41) is 0. The first-order chi connectivity index (χ1) is 15.1. The van der Waals surface area contributed by atoms with Crippen LogP contribution in [0.2, 0.25) is 0 Å². The molecule has 7 heteroatoms. The van der Waals surface area contributed by atoms with Gasteiger partial charge in [-0.3, -0.25) is 4.79 Å². The Morgan fingerprint density at radius 1 is 1.19 bits per heavy atom. The molecule has 7 nitrogen and oxygen atoms in total. The number of rotatable bonds is 8. The number of aromatic amines is 1. The van der Waals surface area contributed by atoms with Crippen molar-refractivity contribution in [2.75, 3.05) is 56.4 Å². The van der Waals surface area contributed by atoms with Crippen LogP contribution in [0.5, 0.6) is 5.75 Å². The Morgan fingerprint density at radius 2 is 2.03 bits per heavy atom. The van der Waals surface area contributed by atoms with Crippen molar-refractivity contribution in [1.82, 2.24) is 4.98 Å². The molecule has 0 amide bonds. The van der Waals surface area contributed by atoms with E-state index in [9.17, 15) is 4.79 Å². The van der Waals surface area contributed by atoms with Gasteiger partial charge in [-0.05, 0) is 43.9 Å². The van der Waals surface area contributed by atoms with Crippen molar-refractivity contribution in [2.45, 2.75) is 38.3 Å². The molecule has 0 aliphatic carbocycles. The predicted molar refractivity (Wildman–Crippen MR) is 123 cm³/mol. The van der Waals surface area contributed by atoms with Crippen LogP contribution in [0.4, 0.5) is 11.5 Å². The smallest absolute Gasteiger partial charge is 0.251 e. The maximum atomic E-state index is 12.4. The lowest BCUT2D eigenvalue weighted by Gasteiger charge is -2.31. The van der Waals surface area contributed by atoms with Crippen molar-refractivity contribution >= 4 is 11.5 Å². The van der Waals surface area contributed by atoms with Crippen molar-refractivity contribution in [3.63, 3.8) is 0 Å². The predicted octanol–water partition coefficient (Wildman–Crippen LogP) is 2.84. The fourth-order valence-electron chi connectivity index (χ4n) is 4.56. The fraction of sp³-hybridized carbons (Fsp3) is 0.542. The van der Waals surface area contributed by atoms with Gasteiger partial charge in [0.15, 0.2) is 0 Å². The van der Waals surface area contributed by atoms with Crippen LogP contribution < -0.4 is 20.1 Å². The number of methoxy groups -OCH3 is 1. The minimum Gasteiger partial charge on any atom is -0.488 e. The molecule has 2 aromatic rings. The highest BCUT2D eigenvalue weighted by Crippen LogP contribution is 2.29. The molecule has 2 atom stereocenters. The third-order valence-electron chi connectivity index (χ3n) is 5.99. The summed E-state index contributed by atoms with van der Waals surface area (Å²) in [5.74, 6) is 1.78. The van der Waals surface area contributed by atoms with Crippen LogP contribution >= 0.6 is 0 Å². The Hall–Kier alpha value is -2.51. The fourth-order valence-corrected chi connectivity index (χ4v) is 4.56. The summed E-state index contributed by atoms with van der Waals surface area (Å²) in [4.78, 5) is 20.1. The Bertz CT molecular complexity index is 910. The first kappa shape index (κ1) is 21.7. The molecule has 2 aliphatic heterocycles. The molecule has 31 heavy (non-hydrogen) atoms. The van der Waals surface area contributed by atoms with Crippen LogP contribution in [-0.4, -0.2) is 63.7 Å². The van der Waals surface area contributed by atoms with E-state index in [0.717, 1.165) is 56.2 Å². The second-order valence-corrected chi connectivity index (χ2v) is 8.41. The third kappa shape index (κ3) is 5.60. The van der Waals surface area contributed by atoms with E-state index in [4.69, 9.17) is 14.2 Å². The molecule has 2 fully saturated rings. The van der Waals surface area contributed by atoms with Crippen molar-refractivity contribution in [1.29, 1.82) is 0 Å². The number of nitrogens with zero attached hydrogens (tertiary/aromatic N) is 2. The molecule has 0 unspecified atom stereocenters. The van der Waals surface area contributed by atoms with Crippen LogP contribution in [0.25, 0.3) is 0 Å². The van der Waals surface area contributed by atoms with E-state index < -0.39 is 0 Å². The average Bonchev–Trinajstić information content (AvgIpc) is 3.22. The van der Waals surface area contributed by atoms with E-state index in [0.29, 0.717) is 25.9 Å². The molecule has 2 saturated heterocycles. The second kappa shape index (κ2) is 10.2. The summed E-state index contributed by atoms with van der Waals surface area (Å²) in [6, 6.07) is 12.5. The molecular formula is C24H33N3O4. The molecule has 2 aliphatic rings. The van der Waals surface area contributed by atoms with Gasteiger partial charge in [0, 0.05) is 50.6 Å². The molecule has 3 heterocycles. The summed E-state index contributed by atoms with van der Waals surface area (Å²) in [6.45, 7) is 6.57. The van der Waals surface area contributed by atoms with E-state index in [2.05, 4.69) is 33.0 Å². The molecule has 0 spiro atoms. The lowest BCUT2D eigenvalue weighted by molar-refractivity contribution is 0.0920. The van der Waals surface area contributed by atoms with Gasteiger partial charge >= 0.3 is 0 Å². The van der Waals surface area contributed by atoms with Crippen molar-refractivity contribution in [2.24, 2.45) is 0 Å². The number of nitrogens with one attached hydrogen (secondary N) is 1. The number of anilines is 2. The monoisotopic (exact) mass is 427 g/mol. The number of H-pyrrole nitrogens is 1. The summed E-state index contributed by atoms with van der Waals surface area (Å²) >= 11 is 0. The standard InChI is InChI=1S/C24H33N3O4/c1-18(17-29-2)31-22-7-3-5-19(14-22)13-20-6-4-8-27(20)23-15-21(16-24(28)25-23)26-9-11-30-12-10-26/h3,5,7,14-16,18,20H,4,6,8-13,17H2,1-2H3,(H,25,28)/t18-,20+/m1/s1. The van der Waals surface area contributed by atoms with Gasteiger partial charge in [0.25, 0.3) is 5.56 Å². The summed E-state index contributed by atoms with van der Waals surface area (Å²) in [7, 11) is 1.68. The number of hydrogen-bond acceptors (Lipinski definition) is 6. The SMILES string of the molecule is COC[C@@H](C)Oc1cccc(C[C@@H]2CCCN2c2cc(N3CCOCC3)cc(=O)[nH]2)c1. The van der Waals surface area contributed by atoms with Gasteiger partial charge < -0.3 is 29.0 Å². The molecular weight excluding hydrogens is 394 g/mol. The minimum absolute atomic E-state index is 0.0104. The Morgan fingerprint density at radius 3 is 2.84 bits per heavy atom. The maximum absolute atomic E-state index is 12.4. The van der Waals surface area contributed by atoms with Crippen LogP contribution in [0.15, 0.2) is 41.2 Å². The van der Waals surface area contributed by atoms with Crippen molar-refractivity contribution in [3.05, 3.63) is 52.3 Å². The number of morpholine rings is 1. The molecule has 0 saturated carbocycles. The minimum atomic E-state index is -0.0489. The molecule has 1 aromatic carbocycles. The van der Waals surface area contributed by atoms with Crippen molar-refractivity contribution in [3.8, 4) is 5.75 Å². The molecule has 168 valence electrons. The number of aromatic nitrogens is 1. The number of ether oxygens (including phenoxy) is 3. The molecule has 0 bridgehead atoms. The van der Waals surface area contributed by atoms with Crippen LogP contribution in [0.1, 0.15) is 25.3 Å². The number of hydrogen-bond donors (Lipinski definition) is 1. The van der Waals surface area contributed by atoms with Gasteiger partial charge in [0.2, 0.25) is 0 Å². The quantitative estimate of drug-likeness (QED) is 0.699. The normalized spacial score (nSPS) is 20.1. The topological polar surface area (TPSA) is 67.0 Å². The van der Waals surface area contributed by atoms with Gasteiger partial charge in [-0.2, -0.15) is 0 Å². The van der Waals surface area contributed by atoms with Crippen LogP contribution in [0.3, 0.4) is 0 Å². The largest absolute Gasteiger partial charge is 0.488 e. The van der Waals surface area contributed by atoms with E-state index in [1.165, 1.54) is 5.56 Å². The first-order valence-electron chi connectivity index (χ1n) is 11.2. The number of pyridine rings is 1. The van der Waals surface area contributed by atoms with Gasteiger partial charge in [-0.15, -0.1) is 0 Å². The van der Waals surface area contributed by atoms with E-state index >= 15 is 0 Å². The van der Waals surface area contributed by atoms with Gasteiger partial charge in [0.1, 0.15) is 17.7 Å². The zero-order valence-corrected chi connectivity index (χ0v) is 18.5. The van der Waals surface area contributed by atoms with Crippen LogP contribution in [-0.2, 0) is 15.9 Å². The van der Waals surface area contributed by atoms with Gasteiger partial charge in [-0.1, -0.05) is 12.1 Å². The van der Waals surface area contributed by atoms with Crippen LogP contribution in [0, 0.1) is 0 Å². The molecule has 1 N–H and O–H groups in total. The van der Waals surface area contributed by atoms with Crippen molar-refractivity contribution < 1.29 is 14.2 Å². The highest BCUT2D eigenvalue weighted by Gasteiger charge is 2.26. The van der Waals surface area contributed by atoms with E-state index in [1.807, 2.05) is 19.1 Å². The zero-order valence-electron chi connectivity index (χ0n) is 18.5. The summed E-state index contributed by atoms with van der Waals surface area (Å²) in [6.07, 6.45) is 3.15. The highest BCUT2D eigenvalue weighted by atomic mass is 16.5. The molecule has 1 aromatic heterocycles. The third-order valence-corrected chi connectivity index (χ3v) is 5.99. The lowest BCUT2D eigenvalue weighted by atomic mass is 10.0. The Labute approximate surface area is 183 Å². The maximum Gasteiger partial charge on any atom is 0.251 e. The first-order valence-corrected chi connectivity index (χ1v) is 11.2. The Kier molecular flexibility index (Phi) is 7.14. The second-order valence-electron chi connectivity index (χ2n) is 8.41. The summed E-state index contributed by atoms with van der Waals surface area (Å²) < 4.78 is 16.6. The molecule has 4 rings (SSSR count). The molecule has 0 radical (unpaired) electrons. The zero-order chi connectivity index (χ0) is 21.6. The Balaban J connectivity index is 1.48.